The quantitative estimate of drug-likeness (QED) is 0.943. The molecule has 17 heavy (non-hydrogen) atoms. The van der Waals surface area contributed by atoms with Gasteiger partial charge in [-0.25, -0.2) is 0 Å². The van der Waals surface area contributed by atoms with Crippen molar-refractivity contribution in [3.05, 3.63) is 40.0 Å². The van der Waals surface area contributed by atoms with Gasteiger partial charge < -0.3 is 9.73 Å². The van der Waals surface area contributed by atoms with Crippen molar-refractivity contribution in [3.63, 3.8) is 0 Å². The van der Waals surface area contributed by atoms with Crippen LogP contribution in [0.2, 0.25) is 0 Å². The molecular weight excluding hydrogens is 282 g/mol. The van der Waals surface area contributed by atoms with Crippen LogP contribution in [-0.2, 0) is 13.6 Å². The van der Waals surface area contributed by atoms with E-state index in [1.54, 1.807) is 6.26 Å². The molecule has 0 saturated heterocycles. The lowest BCUT2D eigenvalue weighted by Crippen LogP contribution is -2.18. The van der Waals surface area contributed by atoms with Crippen LogP contribution in [0.1, 0.15) is 30.0 Å². The maximum atomic E-state index is 5.36. The van der Waals surface area contributed by atoms with Crippen LogP contribution in [0.15, 0.2) is 27.4 Å². The second kappa shape index (κ2) is 5.06. The van der Waals surface area contributed by atoms with Gasteiger partial charge in [0.1, 0.15) is 5.76 Å². The number of halogens is 1. The van der Waals surface area contributed by atoms with E-state index in [-0.39, 0.29) is 6.04 Å². The van der Waals surface area contributed by atoms with Crippen LogP contribution >= 0.6 is 15.9 Å². The first-order valence-electron chi connectivity index (χ1n) is 5.53. The number of furan rings is 1. The Morgan fingerprint density at radius 1 is 1.59 bits per heavy atom. The molecule has 0 spiro atoms. The lowest BCUT2D eigenvalue weighted by Gasteiger charge is -2.12. The fraction of sp³-hybridized carbons (Fsp3) is 0.417. The summed E-state index contributed by atoms with van der Waals surface area (Å²) < 4.78 is 8.24. The highest BCUT2D eigenvalue weighted by molar-refractivity contribution is 9.10. The molecule has 0 radical (unpaired) electrons. The monoisotopic (exact) mass is 297 g/mol. The zero-order chi connectivity index (χ0) is 12.4. The number of hydrogen-bond donors (Lipinski definition) is 1. The molecule has 0 bridgehead atoms. The second-order valence-electron chi connectivity index (χ2n) is 4.10. The molecule has 0 fully saturated rings. The van der Waals surface area contributed by atoms with Crippen LogP contribution in [-0.4, -0.2) is 9.78 Å². The van der Waals surface area contributed by atoms with E-state index in [2.05, 4.69) is 40.2 Å². The van der Waals surface area contributed by atoms with Crippen LogP contribution in [0, 0.1) is 6.92 Å². The predicted molar refractivity (Wildman–Crippen MR) is 69.6 cm³/mol. The third kappa shape index (κ3) is 2.61. The van der Waals surface area contributed by atoms with Crippen molar-refractivity contribution in [1.29, 1.82) is 0 Å². The summed E-state index contributed by atoms with van der Waals surface area (Å²) in [5, 5.41) is 7.66. The minimum absolute atomic E-state index is 0.251. The summed E-state index contributed by atoms with van der Waals surface area (Å²) in [4.78, 5) is 0. The normalized spacial score (nSPS) is 12.9. The van der Waals surface area contributed by atoms with Crippen molar-refractivity contribution >= 4 is 15.9 Å². The standard InChI is InChI=1S/C12H16BrN3O/c1-8(10-6-15-16(3)9(10)2)14-7-12-11(13)4-5-17-12/h4-6,8,14H,7H2,1-3H3. The van der Waals surface area contributed by atoms with E-state index in [1.165, 1.54) is 11.3 Å². The number of aryl methyl sites for hydroxylation is 1. The Morgan fingerprint density at radius 2 is 2.35 bits per heavy atom. The van der Waals surface area contributed by atoms with Gasteiger partial charge in [0.25, 0.3) is 0 Å². The van der Waals surface area contributed by atoms with E-state index >= 15 is 0 Å². The molecule has 0 aromatic carbocycles. The van der Waals surface area contributed by atoms with Crippen molar-refractivity contribution in [1.82, 2.24) is 15.1 Å². The number of hydrogen-bond acceptors (Lipinski definition) is 3. The fourth-order valence-corrected chi connectivity index (χ4v) is 2.09. The average molecular weight is 298 g/mol. The van der Waals surface area contributed by atoms with Gasteiger partial charge in [-0.2, -0.15) is 5.10 Å². The van der Waals surface area contributed by atoms with E-state index in [1.807, 2.05) is 24.0 Å². The largest absolute Gasteiger partial charge is 0.467 e. The first kappa shape index (κ1) is 12.4. The van der Waals surface area contributed by atoms with E-state index < -0.39 is 0 Å². The molecule has 0 saturated carbocycles. The summed E-state index contributed by atoms with van der Waals surface area (Å²) >= 11 is 3.44. The zero-order valence-corrected chi connectivity index (χ0v) is 11.8. The Balaban J connectivity index is 2.00. The first-order chi connectivity index (χ1) is 8.09. The highest BCUT2D eigenvalue weighted by Gasteiger charge is 2.12. The Bertz CT molecular complexity index is 504. The number of nitrogens with one attached hydrogen (secondary N) is 1. The fourth-order valence-electron chi connectivity index (χ4n) is 1.75. The van der Waals surface area contributed by atoms with Gasteiger partial charge in [0.05, 0.1) is 23.5 Å². The summed E-state index contributed by atoms with van der Waals surface area (Å²) in [5.74, 6) is 0.915. The molecule has 0 aliphatic carbocycles. The van der Waals surface area contributed by atoms with Crippen molar-refractivity contribution in [3.8, 4) is 0 Å². The molecular formula is C12H16BrN3O. The molecule has 92 valence electrons. The maximum Gasteiger partial charge on any atom is 0.131 e. The minimum atomic E-state index is 0.251. The van der Waals surface area contributed by atoms with Crippen LogP contribution in [0.25, 0.3) is 0 Å². The van der Waals surface area contributed by atoms with Gasteiger partial charge in [0.15, 0.2) is 0 Å². The van der Waals surface area contributed by atoms with Gasteiger partial charge in [0, 0.05) is 24.3 Å². The molecule has 1 N–H and O–H groups in total. The number of nitrogens with zero attached hydrogens (tertiary/aromatic N) is 2. The number of rotatable bonds is 4. The SMILES string of the molecule is Cc1c(C(C)NCc2occc2Br)cnn1C. The summed E-state index contributed by atoms with van der Waals surface area (Å²) in [6.07, 6.45) is 3.59. The van der Waals surface area contributed by atoms with Crippen LogP contribution < -0.4 is 5.32 Å². The average Bonchev–Trinajstić information content (AvgIpc) is 2.84. The molecule has 4 nitrogen and oxygen atoms in total. The highest BCUT2D eigenvalue weighted by atomic mass is 79.9. The first-order valence-corrected chi connectivity index (χ1v) is 6.32. The van der Waals surface area contributed by atoms with E-state index in [0.717, 1.165) is 10.2 Å². The van der Waals surface area contributed by atoms with Crippen molar-refractivity contribution in [2.24, 2.45) is 7.05 Å². The highest BCUT2D eigenvalue weighted by Crippen LogP contribution is 2.20. The van der Waals surface area contributed by atoms with Crippen molar-refractivity contribution in [2.75, 3.05) is 0 Å². The lowest BCUT2D eigenvalue weighted by molar-refractivity contribution is 0.458. The Hall–Kier alpha value is -1.07. The molecule has 1 unspecified atom stereocenters. The smallest absolute Gasteiger partial charge is 0.131 e. The Morgan fingerprint density at radius 3 is 2.88 bits per heavy atom. The second-order valence-corrected chi connectivity index (χ2v) is 4.96. The Labute approximate surface area is 109 Å². The van der Waals surface area contributed by atoms with Crippen molar-refractivity contribution in [2.45, 2.75) is 26.4 Å². The molecule has 0 aliphatic heterocycles. The summed E-state index contributed by atoms with van der Waals surface area (Å²) in [6, 6.07) is 2.15. The molecule has 2 heterocycles. The predicted octanol–water partition coefficient (Wildman–Crippen LogP) is 2.93. The van der Waals surface area contributed by atoms with Crippen LogP contribution in [0.4, 0.5) is 0 Å². The molecule has 2 aromatic heterocycles. The maximum absolute atomic E-state index is 5.36. The number of aromatic nitrogens is 2. The summed E-state index contributed by atoms with van der Waals surface area (Å²) in [5.41, 5.74) is 2.40. The van der Waals surface area contributed by atoms with Gasteiger partial charge in [-0.3, -0.25) is 4.68 Å². The van der Waals surface area contributed by atoms with Gasteiger partial charge in [0.2, 0.25) is 0 Å². The van der Waals surface area contributed by atoms with E-state index in [9.17, 15) is 0 Å². The zero-order valence-electron chi connectivity index (χ0n) is 10.2. The molecule has 1 atom stereocenters. The molecule has 0 amide bonds. The van der Waals surface area contributed by atoms with Crippen LogP contribution in [0.5, 0.6) is 0 Å². The molecule has 5 heteroatoms. The molecule has 2 rings (SSSR count). The van der Waals surface area contributed by atoms with E-state index in [0.29, 0.717) is 6.54 Å². The van der Waals surface area contributed by atoms with E-state index in [4.69, 9.17) is 4.42 Å². The van der Waals surface area contributed by atoms with Gasteiger partial charge in [-0.05, 0) is 35.8 Å². The summed E-state index contributed by atoms with van der Waals surface area (Å²) in [7, 11) is 1.95. The van der Waals surface area contributed by atoms with Crippen LogP contribution in [0.3, 0.4) is 0 Å². The third-order valence-electron chi connectivity index (χ3n) is 3.00. The molecule has 2 aromatic rings. The lowest BCUT2D eigenvalue weighted by atomic mass is 10.1. The summed E-state index contributed by atoms with van der Waals surface area (Å²) in [6.45, 7) is 4.90. The van der Waals surface area contributed by atoms with Gasteiger partial charge >= 0.3 is 0 Å². The molecule has 0 aliphatic rings. The topological polar surface area (TPSA) is 43.0 Å². The van der Waals surface area contributed by atoms with Crippen molar-refractivity contribution < 1.29 is 4.42 Å². The Kier molecular flexibility index (Phi) is 3.69. The van der Waals surface area contributed by atoms with Gasteiger partial charge in [-0.1, -0.05) is 0 Å². The van der Waals surface area contributed by atoms with Gasteiger partial charge in [-0.15, -0.1) is 0 Å². The minimum Gasteiger partial charge on any atom is -0.467 e. The third-order valence-corrected chi connectivity index (χ3v) is 3.71.